The van der Waals surface area contributed by atoms with Gasteiger partial charge in [0.15, 0.2) is 6.10 Å². The van der Waals surface area contributed by atoms with Gasteiger partial charge in [0.2, 0.25) is 0 Å². The number of aromatic nitrogens is 1. The summed E-state index contributed by atoms with van der Waals surface area (Å²) in [6.07, 6.45) is 0.305. The number of halogens is 1. The van der Waals surface area contributed by atoms with Crippen molar-refractivity contribution in [1.29, 1.82) is 0 Å². The normalized spacial score (nSPS) is 13.8. The molecule has 0 aliphatic carbocycles. The fraction of sp³-hybridized carbons (Fsp3) is 0.385. The Labute approximate surface area is 272 Å². The molecule has 2 heterocycles. The Hall–Kier alpha value is -4.23. The summed E-state index contributed by atoms with van der Waals surface area (Å²) in [5, 5.41) is 0. The van der Waals surface area contributed by atoms with Crippen molar-refractivity contribution in [3.63, 3.8) is 0 Å². The molecule has 0 spiro atoms. The number of pyridine rings is 1. The molecule has 1 aliphatic rings. The number of fused-ring (bicyclic) bond motifs is 1. The van der Waals surface area contributed by atoms with E-state index in [-0.39, 0.29) is 11.9 Å². The first kappa shape index (κ1) is 33.1. The number of carbonyl (C=O) groups excluding carboxylic acids is 1. The van der Waals surface area contributed by atoms with E-state index in [2.05, 4.69) is 29.2 Å². The van der Waals surface area contributed by atoms with Gasteiger partial charge in [0.1, 0.15) is 11.6 Å². The van der Waals surface area contributed by atoms with E-state index in [4.69, 9.17) is 19.2 Å². The van der Waals surface area contributed by atoms with E-state index in [0.29, 0.717) is 19.6 Å². The zero-order valence-electron chi connectivity index (χ0n) is 28.0. The molecule has 0 fully saturated rings. The lowest BCUT2D eigenvalue weighted by atomic mass is 9.91. The molecule has 4 aromatic rings. The molecule has 5 rings (SSSR count). The molecule has 1 aliphatic heterocycles. The lowest BCUT2D eigenvalue weighted by Crippen LogP contribution is -2.35. The first-order chi connectivity index (χ1) is 21.9. The summed E-state index contributed by atoms with van der Waals surface area (Å²) in [6, 6.07) is 23.0. The molecular weight excluding hydrogens is 579 g/mol. The number of rotatable bonds is 10. The van der Waals surface area contributed by atoms with Gasteiger partial charge in [-0.1, -0.05) is 48.5 Å². The lowest BCUT2D eigenvalue weighted by Gasteiger charge is -2.37. The van der Waals surface area contributed by atoms with E-state index >= 15 is 0 Å². The lowest BCUT2D eigenvalue weighted by molar-refractivity contribution is -0.171. The second-order valence-corrected chi connectivity index (χ2v) is 13.2. The number of anilines is 1. The number of benzene rings is 3. The van der Waals surface area contributed by atoms with Crippen LogP contribution >= 0.6 is 0 Å². The monoisotopic (exact) mass is 624 g/mol. The molecule has 0 bridgehead atoms. The summed E-state index contributed by atoms with van der Waals surface area (Å²) < 4.78 is 31.6. The Bertz CT molecular complexity index is 1660. The predicted octanol–water partition coefficient (Wildman–Crippen LogP) is 8.50. The highest BCUT2D eigenvalue weighted by molar-refractivity contribution is 5.88. The van der Waals surface area contributed by atoms with Crippen molar-refractivity contribution in [2.24, 2.45) is 0 Å². The average molecular weight is 625 g/mol. The second-order valence-electron chi connectivity index (χ2n) is 13.2. The van der Waals surface area contributed by atoms with Gasteiger partial charge in [-0.2, -0.15) is 0 Å². The molecule has 1 atom stereocenters. The number of hydrogen-bond donors (Lipinski definition) is 0. The number of ether oxygens (including phenoxy) is 3. The summed E-state index contributed by atoms with van der Waals surface area (Å²) in [5.41, 5.74) is 8.22. The minimum absolute atomic E-state index is 0.245. The number of aryl methyl sites for hydroxylation is 2. The maximum Gasteiger partial charge on any atom is 0.340 e. The number of hydrogen-bond acceptors (Lipinski definition) is 6. The third-order valence-electron chi connectivity index (χ3n) is 8.04. The molecule has 7 heteroatoms. The summed E-state index contributed by atoms with van der Waals surface area (Å²) in [4.78, 5) is 21.2. The van der Waals surface area contributed by atoms with Crippen LogP contribution in [0.5, 0.6) is 5.75 Å². The molecule has 0 radical (unpaired) electrons. The number of nitrogens with zero attached hydrogens (tertiary/aromatic N) is 2. The Balaban J connectivity index is 1.57. The van der Waals surface area contributed by atoms with Crippen molar-refractivity contribution < 1.29 is 23.4 Å². The van der Waals surface area contributed by atoms with Crippen LogP contribution in [0.3, 0.4) is 0 Å². The molecular formula is C39H45FN2O4. The second kappa shape index (κ2) is 14.0. The van der Waals surface area contributed by atoms with Gasteiger partial charge in [0.05, 0.1) is 24.0 Å². The van der Waals surface area contributed by atoms with E-state index in [1.807, 2.05) is 72.7 Å². The zero-order valence-corrected chi connectivity index (χ0v) is 28.0. The first-order valence-corrected chi connectivity index (χ1v) is 16.1. The van der Waals surface area contributed by atoms with Crippen LogP contribution in [-0.4, -0.2) is 35.8 Å². The van der Waals surface area contributed by atoms with E-state index < -0.39 is 17.7 Å². The predicted molar refractivity (Wildman–Crippen MR) is 181 cm³/mol. The van der Waals surface area contributed by atoms with Crippen molar-refractivity contribution in [3.8, 4) is 16.9 Å². The van der Waals surface area contributed by atoms with Gasteiger partial charge >= 0.3 is 5.97 Å². The van der Waals surface area contributed by atoms with E-state index in [1.54, 1.807) is 12.1 Å². The largest absolute Gasteiger partial charge is 0.493 e. The Kier molecular flexibility index (Phi) is 10.1. The molecule has 1 aromatic heterocycles. The van der Waals surface area contributed by atoms with Crippen LogP contribution in [0.4, 0.5) is 10.1 Å². The third kappa shape index (κ3) is 7.94. The van der Waals surface area contributed by atoms with Crippen molar-refractivity contribution in [3.05, 3.63) is 112 Å². The van der Waals surface area contributed by atoms with Crippen LogP contribution in [0.1, 0.15) is 74.4 Å². The highest BCUT2D eigenvalue weighted by Gasteiger charge is 2.36. The molecule has 46 heavy (non-hydrogen) atoms. The van der Waals surface area contributed by atoms with Crippen LogP contribution in [0.25, 0.3) is 11.1 Å². The summed E-state index contributed by atoms with van der Waals surface area (Å²) in [6.45, 7) is 15.5. The minimum Gasteiger partial charge on any atom is -0.493 e. The molecule has 0 saturated heterocycles. The summed E-state index contributed by atoms with van der Waals surface area (Å²) >= 11 is 0. The topological polar surface area (TPSA) is 60.9 Å². The van der Waals surface area contributed by atoms with Crippen molar-refractivity contribution in [2.75, 3.05) is 18.1 Å². The Morgan fingerprint density at radius 2 is 1.61 bits per heavy atom. The highest BCUT2D eigenvalue weighted by atomic mass is 19.1. The molecule has 0 N–H and O–H groups in total. The van der Waals surface area contributed by atoms with Crippen LogP contribution in [0.15, 0.2) is 72.8 Å². The standard InChI is InChI=1S/C39H45FN2O4/c1-25(2)45-38(43)37(46-39(5,6)7)35-27(4)41-26(3)34(36(35)42-22-20-29-10-8-9-11-31(29)24-42)30-14-18-33(19-15-30)44-23-21-28-12-16-32(40)17-13-28/h8-19,25,37H,20-24H2,1-7H3/t37-/m0/s1. The molecule has 6 nitrogen and oxygen atoms in total. The van der Waals surface area contributed by atoms with E-state index in [0.717, 1.165) is 58.0 Å². The van der Waals surface area contributed by atoms with Gasteiger partial charge in [0, 0.05) is 42.0 Å². The number of esters is 1. The zero-order chi connectivity index (χ0) is 33.0. The van der Waals surface area contributed by atoms with Crippen molar-refractivity contribution >= 4 is 11.7 Å². The van der Waals surface area contributed by atoms with E-state index in [9.17, 15) is 9.18 Å². The quantitative estimate of drug-likeness (QED) is 0.165. The van der Waals surface area contributed by atoms with Gasteiger partial charge in [0.25, 0.3) is 0 Å². The van der Waals surface area contributed by atoms with Gasteiger partial charge in [-0.05, 0) is 101 Å². The molecule has 0 amide bonds. The highest BCUT2D eigenvalue weighted by Crippen LogP contribution is 2.44. The molecule has 242 valence electrons. The van der Waals surface area contributed by atoms with Gasteiger partial charge in [-0.25, -0.2) is 9.18 Å². The van der Waals surface area contributed by atoms with Crippen molar-refractivity contribution in [2.45, 2.75) is 85.7 Å². The first-order valence-electron chi connectivity index (χ1n) is 16.1. The summed E-state index contributed by atoms with van der Waals surface area (Å²) in [7, 11) is 0. The average Bonchev–Trinajstić information content (AvgIpc) is 3.00. The van der Waals surface area contributed by atoms with Crippen LogP contribution < -0.4 is 9.64 Å². The number of carbonyl (C=O) groups is 1. The Morgan fingerprint density at radius 1 is 0.935 bits per heavy atom. The molecule has 0 unspecified atom stereocenters. The van der Waals surface area contributed by atoms with Gasteiger partial charge < -0.3 is 19.1 Å². The molecule has 0 saturated carbocycles. The summed E-state index contributed by atoms with van der Waals surface area (Å²) in [5.74, 6) is 0.0745. The third-order valence-corrected chi connectivity index (χ3v) is 8.04. The van der Waals surface area contributed by atoms with Crippen LogP contribution in [0.2, 0.25) is 0 Å². The minimum atomic E-state index is -0.963. The van der Waals surface area contributed by atoms with Gasteiger partial charge in [-0.15, -0.1) is 0 Å². The fourth-order valence-corrected chi connectivity index (χ4v) is 6.05. The van der Waals surface area contributed by atoms with Crippen LogP contribution in [-0.2, 0) is 33.7 Å². The SMILES string of the molecule is Cc1nc(C)c([C@H](OC(C)(C)C)C(=O)OC(C)C)c(N2CCc3ccccc3C2)c1-c1ccc(OCCc2ccc(F)cc2)cc1. The van der Waals surface area contributed by atoms with Crippen molar-refractivity contribution in [1.82, 2.24) is 4.98 Å². The van der Waals surface area contributed by atoms with E-state index in [1.165, 1.54) is 23.3 Å². The maximum atomic E-state index is 13.8. The van der Waals surface area contributed by atoms with Crippen LogP contribution in [0, 0.1) is 19.7 Å². The Morgan fingerprint density at radius 3 is 2.26 bits per heavy atom. The van der Waals surface area contributed by atoms with Gasteiger partial charge in [-0.3, -0.25) is 4.98 Å². The molecule has 3 aromatic carbocycles. The smallest absolute Gasteiger partial charge is 0.340 e. The maximum absolute atomic E-state index is 13.8. The fourth-order valence-electron chi connectivity index (χ4n) is 6.05.